The predicted octanol–water partition coefficient (Wildman–Crippen LogP) is 2.00. The smallest absolute Gasteiger partial charge is 0.248 e. The molecule has 0 aliphatic rings. The van der Waals surface area contributed by atoms with Crippen molar-refractivity contribution in [2.45, 2.75) is 23.9 Å². The Morgan fingerprint density at radius 3 is 2.73 bits per heavy atom. The van der Waals surface area contributed by atoms with Gasteiger partial charge in [0, 0.05) is 16.1 Å². The number of hydrogen-bond acceptors (Lipinski definition) is 7. The van der Waals surface area contributed by atoms with Crippen LogP contribution in [-0.2, 0) is 11.3 Å². The minimum absolute atomic E-state index is 0.188. The highest BCUT2D eigenvalue weighted by Gasteiger charge is 2.19. The maximum atomic E-state index is 12.4. The summed E-state index contributed by atoms with van der Waals surface area (Å²) in [5.74, 6) is -0.697. The average Bonchev–Trinajstić information content (AvgIpc) is 3.28. The molecule has 1 aromatic carbocycles. The minimum atomic E-state index is -0.510. The number of rotatable bonds is 7. The normalized spacial score (nSPS) is 11.9. The lowest BCUT2D eigenvalue weighted by Gasteiger charge is -2.11. The van der Waals surface area contributed by atoms with Crippen molar-refractivity contribution < 1.29 is 9.59 Å². The molecule has 3 aromatic rings. The van der Waals surface area contributed by atoms with Crippen LogP contribution in [0.1, 0.15) is 22.2 Å². The van der Waals surface area contributed by atoms with Gasteiger partial charge < -0.3 is 11.1 Å². The fraction of sp³-hybridized carbons (Fsp3) is 0.188. The van der Waals surface area contributed by atoms with E-state index in [1.165, 1.54) is 11.8 Å². The molecule has 10 heteroatoms. The Kier molecular flexibility index (Phi) is 5.64. The van der Waals surface area contributed by atoms with Crippen LogP contribution >= 0.6 is 23.1 Å². The van der Waals surface area contributed by atoms with Gasteiger partial charge in [0.15, 0.2) is 0 Å². The van der Waals surface area contributed by atoms with Crippen LogP contribution in [0.15, 0.2) is 46.9 Å². The summed E-state index contributed by atoms with van der Waals surface area (Å²) in [5.41, 5.74) is 6.18. The number of carbonyl (C=O) groups excluding carboxylic acids is 2. The first kappa shape index (κ1) is 18.1. The molecule has 0 aliphatic heterocycles. The Balaban J connectivity index is 1.61. The van der Waals surface area contributed by atoms with Crippen LogP contribution < -0.4 is 11.1 Å². The highest BCUT2D eigenvalue weighted by molar-refractivity contribution is 8.00. The molecule has 2 aromatic heterocycles. The Morgan fingerprint density at radius 1 is 1.31 bits per heavy atom. The van der Waals surface area contributed by atoms with Crippen molar-refractivity contribution in [1.29, 1.82) is 0 Å². The zero-order valence-corrected chi connectivity index (χ0v) is 15.5. The van der Waals surface area contributed by atoms with Gasteiger partial charge in [-0.2, -0.15) is 0 Å². The molecule has 0 bridgehead atoms. The molecule has 2 amide bonds. The summed E-state index contributed by atoms with van der Waals surface area (Å²) in [6.45, 7) is 2.35. The van der Waals surface area contributed by atoms with Crippen LogP contribution in [0.25, 0.3) is 0 Å². The van der Waals surface area contributed by atoms with Crippen molar-refractivity contribution in [3.63, 3.8) is 0 Å². The second kappa shape index (κ2) is 8.11. The van der Waals surface area contributed by atoms with Crippen LogP contribution in [0.2, 0.25) is 0 Å². The van der Waals surface area contributed by atoms with Gasteiger partial charge in [-0.25, -0.2) is 4.68 Å². The quantitative estimate of drug-likeness (QED) is 0.598. The number of anilines is 1. The summed E-state index contributed by atoms with van der Waals surface area (Å²) >= 11 is 2.90. The molecule has 0 unspecified atom stereocenters. The number of aromatic nitrogens is 4. The number of thioether (sulfide) groups is 1. The van der Waals surface area contributed by atoms with Gasteiger partial charge in [-0.1, -0.05) is 17.8 Å². The molecule has 0 saturated heterocycles. The number of tetrazole rings is 1. The van der Waals surface area contributed by atoms with E-state index in [2.05, 4.69) is 20.8 Å². The number of thiophene rings is 1. The molecule has 0 radical (unpaired) electrons. The van der Waals surface area contributed by atoms with Gasteiger partial charge in [-0.3, -0.25) is 9.59 Å². The van der Waals surface area contributed by atoms with Gasteiger partial charge in [0.25, 0.3) is 0 Å². The van der Waals surface area contributed by atoms with E-state index in [0.29, 0.717) is 23.0 Å². The van der Waals surface area contributed by atoms with Gasteiger partial charge in [0.05, 0.1) is 11.8 Å². The zero-order chi connectivity index (χ0) is 18.5. The molecular weight excluding hydrogens is 372 g/mol. The maximum Gasteiger partial charge on any atom is 0.248 e. The summed E-state index contributed by atoms with van der Waals surface area (Å²) < 4.78 is 1.67. The number of nitrogens with zero attached hydrogens (tertiary/aromatic N) is 4. The molecule has 3 rings (SSSR count). The summed E-state index contributed by atoms with van der Waals surface area (Å²) in [7, 11) is 0. The second-order valence-corrected chi connectivity index (χ2v) is 7.73. The third-order valence-corrected chi connectivity index (χ3v) is 5.41. The van der Waals surface area contributed by atoms with E-state index in [-0.39, 0.29) is 5.91 Å². The van der Waals surface area contributed by atoms with Gasteiger partial charge in [-0.05, 0) is 53.1 Å². The van der Waals surface area contributed by atoms with Gasteiger partial charge in [-0.15, -0.1) is 16.4 Å². The van der Waals surface area contributed by atoms with Crippen molar-refractivity contribution in [3.8, 4) is 0 Å². The second-order valence-electron chi connectivity index (χ2n) is 5.39. The van der Waals surface area contributed by atoms with Crippen molar-refractivity contribution in [1.82, 2.24) is 20.2 Å². The van der Waals surface area contributed by atoms with Crippen molar-refractivity contribution in [3.05, 3.63) is 52.2 Å². The first-order chi connectivity index (χ1) is 12.5. The largest absolute Gasteiger partial charge is 0.366 e. The van der Waals surface area contributed by atoms with Crippen LogP contribution in [0, 0.1) is 0 Å². The number of nitrogens with two attached hydrogens (primary N) is 1. The Morgan fingerprint density at radius 2 is 2.08 bits per heavy atom. The molecule has 134 valence electrons. The van der Waals surface area contributed by atoms with Crippen molar-refractivity contribution in [2.75, 3.05) is 5.32 Å². The van der Waals surface area contributed by atoms with Crippen molar-refractivity contribution >= 4 is 40.6 Å². The number of carbonyl (C=O) groups is 2. The molecular formula is C16H16N6O2S2. The highest BCUT2D eigenvalue weighted by Crippen LogP contribution is 2.23. The molecule has 0 saturated carbocycles. The van der Waals surface area contributed by atoms with E-state index in [9.17, 15) is 9.59 Å². The van der Waals surface area contributed by atoms with Crippen molar-refractivity contribution in [2.24, 2.45) is 5.73 Å². The summed E-state index contributed by atoms with van der Waals surface area (Å²) in [4.78, 5) is 24.6. The lowest BCUT2D eigenvalue weighted by Crippen LogP contribution is -2.23. The van der Waals surface area contributed by atoms with E-state index in [0.717, 1.165) is 4.88 Å². The monoisotopic (exact) mass is 388 g/mol. The van der Waals surface area contributed by atoms with Crippen LogP contribution in [0.5, 0.6) is 0 Å². The number of nitrogens with one attached hydrogen (secondary N) is 1. The molecule has 0 spiro atoms. The average molecular weight is 388 g/mol. The lowest BCUT2D eigenvalue weighted by atomic mass is 10.2. The Hall–Kier alpha value is -2.72. The van der Waals surface area contributed by atoms with Gasteiger partial charge in [0.2, 0.25) is 17.0 Å². The standard InChI is InChI=1S/C16H16N6O2S2/c1-10(15(24)18-12-6-4-11(5-7-12)14(17)23)26-16-19-20-21-22(16)9-13-3-2-8-25-13/h2-8,10H,9H2,1H3,(H2,17,23)(H,18,24)/t10-/m0/s1. The van der Waals surface area contributed by atoms with Crippen LogP contribution in [0.3, 0.4) is 0 Å². The predicted molar refractivity (Wildman–Crippen MR) is 100 cm³/mol. The molecule has 26 heavy (non-hydrogen) atoms. The summed E-state index contributed by atoms with van der Waals surface area (Å²) in [5, 5.41) is 16.6. The molecule has 2 heterocycles. The van der Waals surface area contributed by atoms with E-state index in [1.807, 2.05) is 17.5 Å². The van der Waals surface area contributed by atoms with E-state index in [4.69, 9.17) is 5.73 Å². The maximum absolute atomic E-state index is 12.4. The third-order valence-electron chi connectivity index (χ3n) is 3.47. The Bertz CT molecular complexity index is 892. The zero-order valence-electron chi connectivity index (χ0n) is 13.8. The Labute approximate surface area is 157 Å². The number of hydrogen-bond donors (Lipinski definition) is 2. The fourth-order valence-electron chi connectivity index (χ4n) is 2.10. The van der Waals surface area contributed by atoms with E-state index < -0.39 is 11.2 Å². The minimum Gasteiger partial charge on any atom is -0.366 e. The summed E-state index contributed by atoms with van der Waals surface area (Å²) in [6, 6.07) is 10.4. The number of amides is 2. The van der Waals surface area contributed by atoms with Gasteiger partial charge in [0.1, 0.15) is 0 Å². The van der Waals surface area contributed by atoms with E-state index in [1.54, 1.807) is 47.2 Å². The van der Waals surface area contributed by atoms with Gasteiger partial charge >= 0.3 is 0 Å². The molecule has 3 N–H and O–H groups in total. The molecule has 0 aliphatic carbocycles. The topological polar surface area (TPSA) is 116 Å². The number of benzene rings is 1. The lowest BCUT2D eigenvalue weighted by molar-refractivity contribution is -0.115. The summed E-state index contributed by atoms with van der Waals surface area (Å²) in [6.07, 6.45) is 0. The fourth-order valence-corrected chi connectivity index (χ4v) is 3.58. The molecule has 1 atom stereocenters. The molecule has 0 fully saturated rings. The van der Waals surface area contributed by atoms with Crippen LogP contribution in [0.4, 0.5) is 5.69 Å². The highest BCUT2D eigenvalue weighted by atomic mass is 32.2. The SMILES string of the molecule is C[C@H](Sc1nnnn1Cc1cccs1)C(=O)Nc1ccc(C(N)=O)cc1. The molecule has 8 nitrogen and oxygen atoms in total. The number of primary amides is 1. The van der Waals surface area contributed by atoms with E-state index >= 15 is 0 Å². The first-order valence-electron chi connectivity index (χ1n) is 7.69. The first-order valence-corrected chi connectivity index (χ1v) is 9.45. The third kappa shape index (κ3) is 4.46. The van der Waals surface area contributed by atoms with Crippen LogP contribution in [-0.4, -0.2) is 37.3 Å².